The molecule has 0 radical (unpaired) electrons. The van der Waals surface area contributed by atoms with E-state index in [0.717, 1.165) is 36.4 Å². The Labute approximate surface area is 104 Å². The molecule has 2 heterocycles. The Morgan fingerprint density at radius 3 is 2.59 bits per heavy atom. The summed E-state index contributed by atoms with van der Waals surface area (Å²) in [5.41, 5.74) is 7.58. The van der Waals surface area contributed by atoms with E-state index in [1.807, 2.05) is 24.3 Å². The summed E-state index contributed by atoms with van der Waals surface area (Å²) in [6.07, 6.45) is 0.977. The molecule has 0 amide bonds. The highest BCUT2D eigenvalue weighted by Crippen LogP contribution is 2.26. The molecule has 1 aromatic heterocycles. The maximum Gasteiger partial charge on any atom is 0.172 e. The molecule has 0 saturated carbocycles. The van der Waals surface area contributed by atoms with E-state index in [0.29, 0.717) is 5.15 Å². The highest BCUT2D eigenvalue weighted by molar-refractivity contribution is 6.32. The number of nitrogens with two attached hydrogens (primary N) is 1. The van der Waals surface area contributed by atoms with Crippen LogP contribution in [0.5, 0.6) is 0 Å². The van der Waals surface area contributed by atoms with Gasteiger partial charge in [-0.15, -0.1) is 0 Å². The Morgan fingerprint density at radius 2 is 1.94 bits per heavy atom. The minimum Gasteiger partial charge on any atom is -0.352 e. The van der Waals surface area contributed by atoms with Gasteiger partial charge in [-0.05, 0) is 18.6 Å². The Morgan fingerprint density at radius 1 is 1.24 bits per heavy atom. The van der Waals surface area contributed by atoms with E-state index >= 15 is 0 Å². The molecular weight excluding hydrogens is 236 g/mol. The van der Waals surface area contributed by atoms with Crippen LogP contribution >= 0.6 is 11.6 Å². The van der Waals surface area contributed by atoms with Gasteiger partial charge in [0.2, 0.25) is 0 Å². The van der Waals surface area contributed by atoms with Gasteiger partial charge in [0, 0.05) is 19.1 Å². The molecule has 4 nitrogen and oxygen atoms in total. The minimum absolute atomic E-state index is 0.208. The highest BCUT2D eigenvalue weighted by Gasteiger charge is 2.23. The monoisotopic (exact) mass is 248 g/mol. The average Bonchev–Trinajstić information content (AvgIpc) is 2.75. The number of hydrogen-bond acceptors (Lipinski definition) is 4. The number of aromatic nitrogens is 2. The van der Waals surface area contributed by atoms with Crippen LogP contribution in [0.3, 0.4) is 0 Å². The molecule has 88 valence electrons. The number of nitrogens with zero attached hydrogens (tertiary/aromatic N) is 3. The van der Waals surface area contributed by atoms with Gasteiger partial charge in [-0.3, -0.25) is 0 Å². The van der Waals surface area contributed by atoms with E-state index in [1.54, 1.807) is 0 Å². The van der Waals surface area contributed by atoms with Crippen molar-refractivity contribution in [2.45, 2.75) is 12.5 Å². The molecule has 1 atom stereocenters. The van der Waals surface area contributed by atoms with Crippen LogP contribution in [-0.4, -0.2) is 29.1 Å². The Balaban J connectivity index is 2.07. The lowest BCUT2D eigenvalue weighted by molar-refractivity contribution is 0.751. The first-order valence-electron chi connectivity index (χ1n) is 5.67. The summed E-state index contributed by atoms with van der Waals surface area (Å²) < 4.78 is 0. The lowest BCUT2D eigenvalue weighted by Gasteiger charge is -2.17. The van der Waals surface area contributed by atoms with Crippen LogP contribution in [0.4, 0.5) is 5.82 Å². The Bertz CT molecular complexity index is 557. The van der Waals surface area contributed by atoms with Crippen molar-refractivity contribution >= 4 is 28.5 Å². The van der Waals surface area contributed by atoms with E-state index in [9.17, 15) is 0 Å². The van der Waals surface area contributed by atoms with E-state index in [1.165, 1.54) is 0 Å². The molecule has 1 aliphatic rings. The van der Waals surface area contributed by atoms with E-state index in [2.05, 4.69) is 14.9 Å². The summed E-state index contributed by atoms with van der Waals surface area (Å²) in [5.74, 6) is 0.748. The standard InChI is InChI=1S/C12H13ClN4/c13-11-12(17-6-5-8(14)7-17)16-10-4-2-1-3-9(10)15-11/h1-4,8H,5-7,14H2/t8-/m1/s1. The second kappa shape index (κ2) is 4.13. The highest BCUT2D eigenvalue weighted by atomic mass is 35.5. The third kappa shape index (κ3) is 1.94. The minimum atomic E-state index is 0.208. The van der Waals surface area contributed by atoms with Gasteiger partial charge in [0.05, 0.1) is 11.0 Å². The number of anilines is 1. The maximum atomic E-state index is 6.17. The van der Waals surface area contributed by atoms with Gasteiger partial charge < -0.3 is 10.6 Å². The van der Waals surface area contributed by atoms with Crippen LogP contribution in [0, 0.1) is 0 Å². The summed E-state index contributed by atoms with van der Waals surface area (Å²) in [7, 11) is 0. The van der Waals surface area contributed by atoms with Crippen molar-refractivity contribution in [3.05, 3.63) is 29.4 Å². The number of benzene rings is 1. The van der Waals surface area contributed by atoms with E-state index in [-0.39, 0.29) is 6.04 Å². The predicted octanol–water partition coefficient (Wildman–Crippen LogP) is 1.82. The topological polar surface area (TPSA) is 55.0 Å². The lowest BCUT2D eigenvalue weighted by atomic mass is 10.3. The molecule has 17 heavy (non-hydrogen) atoms. The van der Waals surface area contributed by atoms with Gasteiger partial charge in [-0.25, -0.2) is 9.97 Å². The van der Waals surface area contributed by atoms with Gasteiger partial charge >= 0.3 is 0 Å². The number of hydrogen-bond donors (Lipinski definition) is 1. The van der Waals surface area contributed by atoms with Crippen LogP contribution in [0.25, 0.3) is 11.0 Å². The summed E-state index contributed by atoms with van der Waals surface area (Å²) in [4.78, 5) is 11.0. The Hall–Kier alpha value is -1.39. The molecule has 3 rings (SSSR count). The number of para-hydroxylation sites is 2. The zero-order valence-electron chi connectivity index (χ0n) is 9.31. The smallest absolute Gasteiger partial charge is 0.172 e. The van der Waals surface area contributed by atoms with Crippen molar-refractivity contribution in [1.82, 2.24) is 9.97 Å². The summed E-state index contributed by atoms with van der Waals surface area (Å²) in [6, 6.07) is 7.94. The van der Waals surface area contributed by atoms with Crippen molar-refractivity contribution < 1.29 is 0 Å². The predicted molar refractivity (Wildman–Crippen MR) is 69.4 cm³/mol. The molecule has 2 aromatic rings. The van der Waals surface area contributed by atoms with Crippen molar-refractivity contribution in [3.63, 3.8) is 0 Å². The van der Waals surface area contributed by atoms with Crippen molar-refractivity contribution in [2.75, 3.05) is 18.0 Å². The first-order valence-corrected chi connectivity index (χ1v) is 6.04. The first-order chi connectivity index (χ1) is 8.24. The quantitative estimate of drug-likeness (QED) is 0.837. The van der Waals surface area contributed by atoms with Crippen molar-refractivity contribution in [1.29, 1.82) is 0 Å². The zero-order valence-corrected chi connectivity index (χ0v) is 10.1. The van der Waals surface area contributed by atoms with Crippen LogP contribution in [0.15, 0.2) is 24.3 Å². The number of fused-ring (bicyclic) bond motifs is 1. The molecule has 1 saturated heterocycles. The maximum absolute atomic E-state index is 6.17. The van der Waals surface area contributed by atoms with E-state index in [4.69, 9.17) is 17.3 Å². The molecule has 0 spiro atoms. The van der Waals surface area contributed by atoms with Crippen molar-refractivity contribution in [3.8, 4) is 0 Å². The van der Waals surface area contributed by atoms with Gasteiger partial charge in [0.15, 0.2) is 11.0 Å². The summed E-state index contributed by atoms with van der Waals surface area (Å²) in [5, 5.41) is 0.456. The average molecular weight is 249 g/mol. The molecular formula is C12H13ClN4. The largest absolute Gasteiger partial charge is 0.352 e. The molecule has 0 aliphatic carbocycles. The van der Waals surface area contributed by atoms with Gasteiger partial charge in [-0.1, -0.05) is 23.7 Å². The lowest BCUT2D eigenvalue weighted by Crippen LogP contribution is -2.27. The van der Waals surface area contributed by atoms with Crippen LogP contribution in [0.2, 0.25) is 5.15 Å². The fourth-order valence-electron chi connectivity index (χ4n) is 2.15. The summed E-state index contributed by atoms with van der Waals surface area (Å²) in [6.45, 7) is 1.70. The SMILES string of the molecule is N[C@@H]1CCN(c2nc3ccccc3nc2Cl)C1. The molecule has 5 heteroatoms. The molecule has 2 N–H and O–H groups in total. The molecule has 0 unspecified atom stereocenters. The van der Waals surface area contributed by atoms with Crippen LogP contribution in [-0.2, 0) is 0 Å². The van der Waals surface area contributed by atoms with Crippen molar-refractivity contribution in [2.24, 2.45) is 5.73 Å². The third-order valence-electron chi connectivity index (χ3n) is 3.04. The second-order valence-corrected chi connectivity index (χ2v) is 4.68. The van der Waals surface area contributed by atoms with Gasteiger partial charge in [-0.2, -0.15) is 0 Å². The fourth-order valence-corrected chi connectivity index (χ4v) is 2.40. The van der Waals surface area contributed by atoms with E-state index < -0.39 is 0 Å². The number of rotatable bonds is 1. The molecule has 1 aromatic carbocycles. The molecule has 1 aliphatic heterocycles. The molecule has 1 fully saturated rings. The number of halogens is 1. The van der Waals surface area contributed by atoms with Crippen LogP contribution < -0.4 is 10.6 Å². The van der Waals surface area contributed by atoms with Gasteiger partial charge in [0.25, 0.3) is 0 Å². The van der Waals surface area contributed by atoms with Gasteiger partial charge in [0.1, 0.15) is 0 Å². The first kappa shape index (κ1) is 10.7. The van der Waals surface area contributed by atoms with Crippen LogP contribution in [0.1, 0.15) is 6.42 Å². The zero-order chi connectivity index (χ0) is 11.8. The third-order valence-corrected chi connectivity index (χ3v) is 3.29. The Kier molecular flexibility index (Phi) is 2.61. The molecule has 0 bridgehead atoms. The second-order valence-electron chi connectivity index (χ2n) is 4.32. The fraction of sp³-hybridized carbons (Fsp3) is 0.333. The summed E-state index contributed by atoms with van der Waals surface area (Å²) >= 11 is 6.17. The normalized spacial score (nSPS) is 20.1.